The molecule has 1 amide bonds. The lowest BCUT2D eigenvalue weighted by molar-refractivity contribution is -0.230. The van der Waals surface area contributed by atoms with Gasteiger partial charge in [0.2, 0.25) is 5.91 Å². The summed E-state index contributed by atoms with van der Waals surface area (Å²) >= 11 is 1.80. The standard InChI is InChI=1S/C17H24N2O2S.ClH/c1-16(2)14-12(4-3-8-21-14)17(16,18)15(20)19-7-5-13-11(10-19)6-9-22-13;/h6,9,12,14H,3-5,7-8,10,18H2,1-2H3;1H. The monoisotopic (exact) mass is 356 g/mol. The number of hydrogen-bond acceptors (Lipinski definition) is 4. The zero-order valence-electron chi connectivity index (χ0n) is 13.7. The van der Waals surface area contributed by atoms with Crippen molar-refractivity contribution in [2.45, 2.75) is 51.3 Å². The molecule has 0 spiro atoms. The molecule has 2 fully saturated rings. The Morgan fingerprint density at radius 1 is 1.48 bits per heavy atom. The highest BCUT2D eigenvalue weighted by molar-refractivity contribution is 7.10. The third-order valence-electron chi connectivity index (χ3n) is 6.13. The highest BCUT2D eigenvalue weighted by Gasteiger charge is 2.70. The third-order valence-corrected chi connectivity index (χ3v) is 7.16. The first-order valence-corrected chi connectivity index (χ1v) is 9.09. The maximum Gasteiger partial charge on any atom is 0.244 e. The van der Waals surface area contributed by atoms with E-state index in [1.165, 1.54) is 10.4 Å². The Labute approximate surface area is 147 Å². The minimum absolute atomic E-state index is 0. The number of nitrogens with zero attached hydrogens (tertiary/aromatic N) is 1. The molecule has 3 unspecified atom stereocenters. The highest BCUT2D eigenvalue weighted by Crippen LogP contribution is 2.58. The molecule has 3 aliphatic rings. The van der Waals surface area contributed by atoms with Gasteiger partial charge in [-0.15, -0.1) is 23.7 Å². The van der Waals surface area contributed by atoms with E-state index in [9.17, 15) is 4.79 Å². The fourth-order valence-electron chi connectivity index (χ4n) is 4.69. The van der Waals surface area contributed by atoms with Crippen molar-refractivity contribution in [3.05, 3.63) is 21.9 Å². The van der Waals surface area contributed by atoms with Crippen molar-refractivity contribution < 1.29 is 9.53 Å². The lowest BCUT2D eigenvalue weighted by atomic mass is 9.46. The number of rotatable bonds is 1. The summed E-state index contributed by atoms with van der Waals surface area (Å²) in [4.78, 5) is 16.6. The lowest BCUT2D eigenvalue weighted by Gasteiger charge is -2.65. The number of thiophene rings is 1. The van der Waals surface area contributed by atoms with Crippen LogP contribution in [-0.4, -0.2) is 35.6 Å². The first-order chi connectivity index (χ1) is 10.5. The Bertz CT molecular complexity index is 617. The van der Waals surface area contributed by atoms with Crippen LogP contribution in [0.25, 0.3) is 0 Å². The van der Waals surface area contributed by atoms with Gasteiger partial charge >= 0.3 is 0 Å². The lowest BCUT2D eigenvalue weighted by Crippen LogP contribution is -2.82. The Kier molecular flexibility index (Phi) is 4.28. The van der Waals surface area contributed by atoms with Gasteiger partial charge in [-0.25, -0.2) is 0 Å². The molecular formula is C17H25ClN2O2S. The second kappa shape index (κ2) is 5.73. The Hall–Kier alpha value is -0.620. The van der Waals surface area contributed by atoms with Crippen LogP contribution >= 0.6 is 23.7 Å². The molecule has 2 N–H and O–H groups in total. The van der Waals surface area contributed by atoms with Crippen molar-refractivity contribution >= 4 is 29.7 Å². The molecule has 4 rings (SSSR count). The Morgan fingerprint density at radius 3 is 3.04 bits per heavy atom. The van der Waals surface area contributed by atoms with Crippen LogP contribution in [0.5, 0.6) is 0 Å². The predicted octanol–water partition coefficient (Wildman–Crippen LogP) is 2.59. The first kappa shape index (κ1) is 17.2. The summed E-state index contributed by atoms with van der Waals surface area (Å²) in [7, 11) is 0. The van der Waals surface area contributed by atoms with E-state index >= 15 is 0 Å². The largest absolute Gasteiger partial charge is 0.377 e. The number of ether oxygens (including phenoxy) is 1. The number of carbonyl (C=O) groups is 1. The maximum absolute atomic E-state index is 13.3. The number of amides is 1. The molecule has 1 aliphatic carbocycles. The van der Waals surface area contributed by atoms with Crippen molar-refractivity contribution in [2.24, 2.45) is 17.1 Å². The van der Waals surface area contributed by atoms with E-state index in [-0.39, 0.29) is 35.8 Å². The number of carbonyl (C=O) groups excluding carboxylic acids is 1. The summed E-state index contributed by atoms with van der Waals surface area (Å²) in [5, 5.41) is 2.12. The fourth-order valence-corrected chi connectivity index (χ4v) is 5.58. The van der Waals surface area contributed by atoms with Gasteiger partial charge in [-0.05, 0) is 36.3 Å². The summed E-state index contributed by atoms with van der Waals surface area (Å²) in [6, 6.07) is 2.14. The van der Waals surface area contributed by atoms with Gasteiger partial charge in [-0.1, -0.05) is 13.8 Å². The zero-order chi connectivity index (χ0) is 15.5. The molecule has 3 heterocycles. The van der Waals surface area contributed by atoms with Crippen molar-refractivity contribution in [2.75, 3.05) is 13.2 Å². The normalized spacial score (nSPS) is 34.7. The molecule has 1 aromatic rings. The molecule has 0 bridgehead atoms. The molecule has 1 saturated carbocycles. The number of nitrogens with two attached hydrogens (primary N) is 1. The van der Waals surface area contributed by atoms with Crippen molar-refractivity contribution in [1.29, 1.82) is 0 Å². The zero-order valence-corrected chi connectivity index (χ0v) is 15.3. The number of fused-ring (bicyclic) bond motifs is 2. The van der Waals surface area contributed by atoms with E-state index in [2.05, 4.69) is 25.3 Å². The highest BCUT2D eigenvalue weighted by atomic mass is 35.5. The van der Waals surface area contributed by atoms with Crippen LogP contribution in [-0.2, 0) is 22.5 Å². The van der Waals surface area contributed by atoms with Crippen LogP contribution < -0.4 is 5.73 Å². The van der Waals surface area contributed by atoms with E-state index < -0.39 is 5.54 Å². The summed E-state index contributed by atoms with van der Waals surface area (Å²) in [6.07, 6.45) is 3.11. The first-order valence-electron chi connectivity index (χ1n) is 8.21. The van der Waals surface area contributed by atoms with Crippen molar-refractivity contribution in [3.63, 3.8) is 0 Å². The second-order valence-electron chi connectivity index (χ2n) is 7.48. The number of hydrogen-bond donors (Lipinski definition) is 1. The van der Waals surface area contributed by atoms with Crippen molar-refractivity contribution in [1.82, 2.24) is 4.90 Å². The average molecular weight is 357 g/mol. The molecule has 4 nitrogen and oxygen atoms in total. The van der Waals surface area contributed by atoms with E-state index in [1.54, 1.807) is 11.3 Å². The van der Waals surface area contributed by atoms with Gasteiger partial charge < -0.3 is 15.4 Å². The fraction of sp³-hybridized carbons (Fsp3) is 0.706. The summed E-state index contributed by atoms with van der Waals surface area (Å²) in [6.45, 7) is 6.50. The summed E-state index contributed by atoms with van der Waals surface area (Å²) < 4.78 is 5.92. The van der Waals surface area contributed by atoms with Crippen LogP contribution in [0.1, 0.15) is 37.1 Å². The van der Waals surface area contributed by atoms with Crippen LogP contribution in [0, 0.1) is 11.3 Å². The van der Waals surface area contributed by atoms with Gasteiger partial charge in [0, 0.05) is 35.9 Å². The van der Waals surface area contributed by atoms with Crippen LogP contribution in [0.15, 0.2) is 11.4 Å². The van der Waals surface area contributed by atoms with Crippen LogP contribution in [0.3, 0.4) is 0 Å². The SMILES string of the molecule is CC1(C)C2OCCCC2C1(N)C(=O)N1CCc2sccc2C1.Cl. The summed E-state index contributed by atoms with van der Waals surface area (Å²) in [5.41, 5.74) is 6.97. The smallest absolute Gasteiger partial charge is 0.244 e. The van der Waals surface area contributed by atoms with Crippen molar-refractivity contribution in [3.8, 4) is 0 Å². The van der Waals surface area contributed by atoms with Gasteiger partial charge in [-0.2, -0.15) is 0 Å². The summed E-state index contributed by atoms with van der Waals surface area (Å²) in [5.74, 6) is 0.300. The third kappa shape index (κ3) is 2.20. The molecule has 0 aromatic carbocycles. The van der Waals surface area contributed by atoms with E-state index in [4.69, 9.17) is 10.5 Å². The van der Waals surface area contributed by atoms with E-state index in [0.717, 1.165) is 32.4 Å². The van der Waals surface area contributed by atoms with Gasteiger partial charge in [0.25, 0.3) is 0 Å². The van der Waals surface area contributed by atoms with Gasteiger partial charge in [0.1, 0.15) is 5.54 Å². The van der Waals surface area contributed by atoms with Gasteiger partial charge in [0.05, 0.1) is 6.10 Å². The minimum Gasteiger partial charge on any atom is -0.377 e. The number of halogens is 1. The molecule has 23 heavy (non-hydrogen) atoms. The van der Waals surface area contributed by atoms with Crippen LogP contribution in [0.4, 0.5) is 0 Å². The Morgan fingerprint density at radius 2 is 2.26 bits per heavy atom. The average Bonchev–Trinajstić information content (AvgIpc) is 3.00. The molecule has 2 aliphatic heterocycles. The molecule has 128 valence electrons. The molecule has 0 radical (unpaired) electrons. The van der Waals surface area contributed by atoms with E-state index in [1.807, 2.05) is 4.90 Å². The second-order valence-corrected chi connectivity index (χ2v) is 8.48. The quantitative estimate of drug-likeness (QED) is 0.841. The maximum atomic E-state index is 13.3. The van der Waals surface area contributed by atoms with Crippen LogP contribution in [0.2, 0.25) is 0 Å². The molecule has 1 saturated heterocycles. The topological polar surface area (TPSA) is 55.6 Å². The van der Waals surface area contributed by atoms with Gasteiger partial charge in [0.15, 0.2) is 0 Å². The molecule has 3 atom stereocenters. The molecule has 1 aromatic heterocycles. The molecular weight excluding hydrogens is 332 g/mol. The van der Waals surface area contributed by atoms with Gasteiger partial charge in [-0.3, -0.25) is 4.79 Å². The molecule has 6 heteroatoms. The predicted molar refractivity (Wildman–Crippen MR) is 93.9 cm³/mol. The minimum atomic E-state index is -0.772. The van der Waals surface area contributed by atoms with E-state index in [0.29, 0.717) is 6.54 Å². The Balaban J connectivity index is 0.00000156.